The van der Waals surface area contributed by atoms with E-state index in [0.717, 1.165) is 24.3 Å². The molecule has 2 aromatic rings. The van der Waals surface area contributed by atoms with Gasteiger partial charge in [0.25, 0.3) is 5.91 Å². The van der Waals surface area contributed by atoms with Gasteiger partial charge in [-0.25, -0.2) is 4.68 Å². The number of aromatic nitrogens is 3. The van der Waals surface area contributed by atoms with Gasteiger partial charge in [-0.3, -0.25) is 9.69 Å². The summed E-state index contributed by atoms with van der Waals surface area (Å²) < 4.78 is 12.4. The smallest absolute Gasteiger partial charge is 0.255 e. The normalized spacial score (nSPS) is 13.8. The Morgan fingerprint density at radius 3 is 3.14 bits per heavy atom. The fourth-order valence-corrected chi connectivity index (χ4v) is 2.44. The summed E-state index contributed by atoms with van der Waals surface area (Å²) in [5.41, 5.74) is 0.967. The van der Waals surface area contributed by atoms with Crippen LogP contribution in [0.3, 0.4) is 0 Å². The molecule has 0 radical (unpaired) electrons. The van der Waals surface area contributed by atoms with Crippen molar-refractivity contribution in [2.75, 3.05) is 25.2 Å². The fourth-order valence-electron chi connectivity index (χ4n) is 2.44. The molecule has 0 spiro atoms. The van der Waals surface area contributed by atoms with E-state index in [-0.39, 0.29) is 12.5 Å². The predicted octanol–water partition coefficient (Wildman–Crippen LogP) is 1.24. The summed E-state index contributed by atoms with van der Waals surface area (Å²) in [5.74, 6) is 1.27. The predicted molar refractivity (Wildman–Crippen MR) is 79.6 cm³/mol. The molecular weight excluding hydrogens is 284 g/mol. The maximum atomic E-state index is 12.3. The van der Waals surface area contributed by atoms with Gasteiger partial charge in [0, 0.05) is 13.1 Å². The third-order valence-electron chi connectivity index (χ3n) is 3.52. The Morgan fingerprint density at radius 1 is 1.36 bits per heavy atom. The Kier molecular flexibility index (Phi) is 4.34. The third-order valence-corrected chi connectivity index (χ3v) is 3.52. The van der Waals surface area contributed by atoms with Crippen molar-refractivity contribution in [3.05, 3.63) is 36.2 Å². The molecule has 1 aliphatic heterocycles. The summed E-state index contributed by atoms with van der Waals surface area (Å²) in [6.45, 7) is 1.83. The van der Waals surface area contributed by atoms with Gasteiger partial charge in [0.2, 0.25) is 5.95 Å². The molecule has 0 atom stereocenters. The molecule has 0 saturated heterocycles. The van der Waals surface area contributed by atoms with Crippen LogP contribution in [0.1, 0.15) is 12.0 Å². The Hall–Kier alpha value is -2.41. The van der Waals surface area contributed by atoms with Crippen molar-refractivity contribution in [2.24, 2.45) is 0 Å². The average molecular weight is 302 g/mol. The Labute approximate surface area is 128 Å². The molecule has 22 heavy (non-hydrogen) atoms. The van der Waals surface area contributed by atoms with Crippen LogP contribution < -0.4 is 9.64 Å². The number of aryl methyl sites for hydroxylation is 1. The molecule has 0 aliphatic carbocycles. The van der Waals surface area contributed by atoms with Crippen LogP contribution in [-0.2, 0) is 22.7 Å². The lowest BCUT2D eigenvalue weighted by Gasteiger charge is -2.25. The zero-order valence-corrected chi connectivity index (χ0v) is 12.4. The molecule has 0 unspecified atom stereocenters. The van der Waals surface area contributed by atoms with E-state index in [1.54, 1.807) is 16.7 Å². The number of benzene rings is 1. The van der Waals surface area contributed by atoms with Gasteiger partial charge in [-0.1, -0.05) is 12.1 Å². The van der Waals surface area contributed by atoms with Gasteiger partial charge in [0.05, 0.1) is 13.7 Å². The summed E-state index contributed by atoms with van der Waals surface area (Å²) in [4.78, 5) is 18.0. The lowest BCUT2D eigenvalue weighted by atomic mass is 10.2. The standard InChI is InChI=1S/C15H18N4O3/c1-21-13-5-2-4-12(8-13)9-22-10-14(20)18-6-3-7-19-15(18)16-11-17-19/h2,4-5,8,11H,3,6-7,9-10H2,1H3. The number of amides is 1. The second kappa shape index (κ2) is 6.57. The number of hydrogen-bond donors (Lipinski definition) is 0. The molecule has 0 fully saturated rings. The van der Waals surface area contributed by atoms with Crippen LogP contribution in [0, 0.1) is 0 Å². The Bertz CT molecular complexity index is 656. The molecule has 3 rings (SSSR count). The number of carbonyl (C=O) groups is 1. The van der Waals surface area contributed by atoms with Gasteiger partial charge >= 0.3 is 0 Å². The topological polar surface area (TPSA) is 69.5 Å². The van der Waals surface area contributed by atoms with Gasteiger partial charge in [0.1, 0.15) is 18.7 Å². The summed E-state index contributed by atoms with van der Waals surface area (Å²) in [5, 5.41) is 4.09. The van der Waals surface area contributed by atoms with Crippen LogP contribution in [0.4, 0.5) is 5.95 Å². The highest BCUT2D eigenvalue weighted by molar-refractivity contribution is 5.92. The van der Waals surface area contributed by atoms with E-state index in [4.69, 9.17) is 9.47 Å². The van der Waals surface area contributed by atoms with Gasteiger partial charge in [0.15, 0.2) is 0 Å². The molecule has 1 aliphatic rings. The van der Waals surface area contributed by atoms with Gasteiger partial charge < -0.3 is 9.47 Å². The van der Waals surface area contributed by atoms with E-state index in [1.165, 1.54) is 6.33 Å². The minimum Gasteiger partial charge on any atom is -0.497 e. The summed E-state index contributed by atoms with van der Waals surface area (Å²) in [6, 6.07) is 7.59. The fraction of sp³-hybridized carbons (Fsp3) is 0.400. The van der Waals surface area contributed by atoms with Crippen molar-refractivity contribution in [3.8, 4) is 5.75 Å². The highest BCUT2D eigenvalue weighted by atomic mass is 16.5. The number of hydrogen-bond acceptors (Lipinski definition) is 5. The number of rotatable bonds is 5. The first-order valence-corrected chi connectivity index (χ1v) is 7.17. The van der Waals surface area contributed by atoms with E-state index < -0.39 is 0 Å². The van der Waals surface area contributed by atoms with Crippen molar-refractivity contribution in [3.63, 3.8) is 0 Å². The molecule has 1 aromatic heterocycles. The molecule has 0 N–H and O–H groups in total. The zero-order valence-electron chi connectivity index (χ0n) is 12.4. The highest BCUT2D eigenvalue weighted by Crippen LogP contribution is 2.17. The maximum Gasteiger partial charge on any atom is 0.255 e. The molecule has 7 heteroatoms. The second-order valence-corrected chi connectivity index (χ2v) is 5.03. The molecule has 7 nitrogen and oxygen atoms in total. The number of methoxy groups -OCH3 is 1. The van der Waals surface area contributed by atoms with Crippen molar-refractivity contribution in [1.29, 1.82) is 0 Å². The van der Waals surface area contributed by atoms with Crippen molar-refractivity contribution >= 4 is 11.9 Å². The van der Waals surface area contributed by atoms with Crippen molar-refractivity contribution < 1.29 is 14.3 Å². The van der Waals surface area contributed by atoms with Gasteiger partial charge in [-0.15, -0.1) is 0 Å². The first kappa shape index (κ1) is 14.5. The number of carbonyl (C=O) groups excluding carboxylic acids is 1. The van der Waals surface area contributed by atoms with Crippen LogP contribution in [-0.4, -0.2) is 40.9 Å². The van der Waals surface area contributed by atoms with Crippen LogP contribution >= 0.6 is 0 Å². The van der Waals surface area contributed by atoms with Crippen LogP contribution in [0.25, 0.3) is 0 Å². The Balaban J connectivity index is 1.55. The lowest BCUT2D eigenvalue weighted by Crippen LogP contribution is -2.40. The average Bonchev–Trinajstić information content (AvgIpc) is 3.03. The number of fused-ring (bicyclic) bond motifs is 1. The minimum absolute atomic E-state index is 0.0179. The van der Waals surface area contributed by atoms with Crippen LogP contribution in [0.5, 0.6) is 5.75 Å². The lowest BCUT2D eigenvalue weighted by molar-refractivity contribution is -0.123. The quantitative estimate of drug-likeness (QED) is 0.831. The number of nitrogens with zero attached hydrogens (tertiary/aromatic N) is 4. The van der Waals surface area contributed by atoms with Crippen LogP contribution in [0.15, 0.2) is 30.6 Å². The third kappa shape index (κ3) is 3.09. The molecule has 2 heterocycles. The minimum atomic E-state index is -0.100. The van der Waals surface area contributed by atoms with Gasteiger partial charge in [-0.2, -0.15) is 10.1 Å². The van der Waals surface area contributed by atoms with E-state index in [2.05, 4.69) is 10.1 Å². The molecule has 0 saturated carbocycles. The largest absolute Gasteiger partial charge is 0.497 e. The first-order valence-electron chi connectivity index (χ1n) is 7.17. The Morgan fingerprint density at radius 2 is 2.27 bits per heavy atom. The molecule has 0 bridgehead atoms. The van der Waals surface area contributed by atoms with E-state index >= 15 is 0 Å². The first-order chi connectivity index (χ1) is 10.8. The molecule has 1 amide bonds. The summed E-state index contributed by atoms with van der Waals surface area (Å²) >= 11 is 0. The highest BCUT2D eigenvalue weighted by Gasteiger charge is 2.24. The summed E-state index contributed by atoms with van der Waals surface area (Å²) in [7, 11) is 1.62. The zero-order chi connectivity index (χ0) is 15.4. The summed E-state index contributed by atoms with van der Waals surface area (Å²) in [6.07, 6.45) is 2.34. The molecular formula is C15H18N4O3. The van der Waals surface area contributed by atoms with Crippen molar-refractivity contribution in [2.45, 2.75) is 19.6 Å². The van der Waals surface area contributed by atoms with E-state index in [1.807, 2.05) is 24.3 Å². The van der Waals surface area contributed by atoms with E-state index in [9.17, 15) is 4.79 Å². The SMILES string of the molecule is COc1cccc(COCC(=O)N2CCCn3ncnc32)c1. The van der Waals surface area contributed by atoms with Crippen molar-refractivity contribution in [1.82, 2.24) is 14.8 Å². The van der Waals surface area contributed by atoms with Crippen LogP contribution in [0.2, 0.25) is 0 Å². The van der Waals surface area contributed by atoms with Gasteiger partial charge in [-0.05, 0) is 24.1 Å². The second-order valence-electron chi connectivity index (χ2n) is 5.03. The number of anilines is 1. The molecule has 1 aromatic carbocycles. The monoisotopic (exact) mass is 302 g/mol. The number of ether oxygens (including phenoxy) is 2. The molecule has 116 valence electrons. The maximum absolute atomic E-state index is 12.3. The van der Waals surface area contributed by atoms with E-state index in [0.29, 0.717) is 19.1 Å².